The molecule has 0 aromatic carbocycles. The summed E-state index contributed by atoms with van der Waals surface area (Å²) >= 11 is 7.40. The number of carbonyl (C=O) groups is 1. The Bertz CT molecular complexity index is 1450. The minimum absolute atomic E-state index is 0.0280. The first kappa shape index (κ1) is 32.4. The highest BCUT2D eigenvalue weighted by Crippen LogP contribution is 2.59. The van der Waals surface area contributed by atoms with Gasteiger partial charge in [0.2, 0.25) is 0 Å². The third kappa shape index (κ3) is 8.36. The van der Waals surface area contributed by atoms with Crippen molar-refractivity contribution < 1.29 is 22.7 Å². The van der Waals surface area contributed by atoms with E-state index in [1.165, 1.54) is 36.0 Å². The average molecular weight is 652 g/mol. The summed E-state index contributed by atoms with van der Waals surface area (Å²) < 4.78 is 48.9. The van der Waals surface area contributed by atoms with Crippen molar-refractivity contribution in [1.29, 1.82) is 0 Å². The lowest BCUT2D eigenvalue weighted by Crippen LogP contribution is -2.31. The van der Waals surface area contributed by atoms with E-state index in [0.29, 0.717) is 16.6 Å². The number of anilines is 1. The first-order chi connectivity index (χ1) is 20.9. The number of halogens is 4. The lowest BCUT2D eigenvalue weighted by molar-refractivity contribution is -0.190. The predicted octanol–water partition coefficient (Wildman–Crippen LogP) is 6.83. The zero-order valence-electron chi connectivity index (χ0n) is 24.7. The maximum atomic E-state index is 13.1. The molecule has 3 aromatic heterocycles. The molecule has 0 radical (unpaired) electrons. The van der Waals surface area contributed by atoms with E-state index in [4.69, 9.17) is 16.3 Å². The van der Waals surface area contributed by atoms with Gasteiger partial charge in [0.05, 0.1) is 30.0 Å². The van der Waals surface area contributed by atoms with Crippen LogP contribution in [0.5, 0.6) is 5.75 Å². The molecule has 2 aliphatic rings. The van der Waals surface area contributed by atoms with Gasteiger partial charge in [0, 0.05) is 24.0 Å². The summed E-state index contributed by atoms with van der Waals surface area (Å²) in [6.07, 6.45) is 3.52. The molecule has 1 unspecified atom stereocenters. The van der Waals surface area contributed by atoms with Crippen LogP contribution in [0, 0.1) is 11.3 Å². The van der Waals surface area contributed by atoms with Crippen LogP contribution < -0.4 is 20.1 Å². The second-order valence-corrected chi connectivity index (χ2v) is 13.3. The molecular weight excluding hydrogens is 615 g/mol. The van der Waals surface area contributed by atoms with E-state index in [9.17, 15) is 18.0 Å². The molecule has 2 fully saturated rings. The van der Waals surface area contributed by atoms with E-state index in [1.54, 1.807) is 12.1 Å². The van der Waals surface area contributed by atoms with E-state index in [0.717, 1.165) is 49.6 Å². The Hall–Kier alpha value is -3.03. The molecule has 1 amide bonds. The van der Waals surface area contributed by atoms with Crippen LogP contribution in [0.25, 0.3) is 5.82 Å². The van der Waals surface area contributed by atoms with E-state index in [-0.39, 0.29) is 42.1 Å². The molecule has 0 bridgehead atoms. The van der Waals surface area contributed by atoms with Gasteiger partial charge in [-0.1, -0.05) is 24.1 Å². The molecule has 1 saturated carbocycles. The Morgan fingerprint density at radius 3 is 2.73 bits per heavy atom. The van der Waals surface area contributed by atoms with Gasteiger partial charge in [-0.3, -0.25) is 9.52 Å². The number of hydrogen-bond acceptors (Lipinski definition) is 8. The van der Waals surface area contributed by atoms with E-state index < -0.39 is 17.5 Å². The van der Waals surface area contributed by atoms with Crippen molar-refractivity contribution in [2.75, 3.05) is 25.0 Å². The van der Waals surface area contributed by atoms with Crippen LogP contribution in [0.1, 0.15) is 69.2 Å². The third-order valence-electron chi connectivity index (χ3n) is 8.16. The van der Waals surface area contributed by atoms with Crippen molar-refractivity contribution in [3.63, 3.8) is 0 Å². The van der Waals surface area contributed by atoms with Crippen molar-refractivity contribution in [3.8, 4) is 11.6 Å². The molecule has 1 atom stereocenters. The van der Waals surface area contributed by atoms with Crippen LogP contribution in [0.3, 0.4) is 0 Å². The van der Waals surface area contributed by atoms with Crippen LogP contribution >= 0.6 is 23.5 Å². The molecule has 9 nitrogen and oxygen atoms in total. The molecule has 1 saturated heterocycles. The Morgan fingerprint density at radius 2 is 2.02 bits per heavy atom. The van der Waals surface area contributed by atoms with E-state index in [1.807, 2.05) is 12.1 Å². The highest BCUT2D eigenvalue weighted by atomic mass is 35.5. The van der Waals surface area contributed by atoms with Crippen LogP contribution in [0.15, 0.2) is 47.8 Å². The number of hydrogen-bond donors (Lipinski definition) is 3. The minimum atomic E-state index is -4.21. The Kier molecular flexibility index (Phi) is 9.96. The number of unbranched alkanes of at least 4 members (excludes halogenated alkanes) is 1. The zero-order chi connectivity index (χ0) is 31.4. The lowest BCUT2D eigenvalue weighted by Gasteiger charge is -2.18. The average Bonchev–Trinajstić information content (AvgIpc) is 3.50. The fourth-order valence-corrected chi connectivity index (χ4v) is 6.24. The predicted molar refractivity (Wildman–Crippen MR) is 164 cm³/mol. The summed E-state index contributed by atoms with van der Waals surface area (Å²) in [5.74, 6) is 1.69. The van der Waals surface area contributed by atoms with Gasteiger partial charge < -0.3 is 15.4 Å². The lowest BCUT2D eigenvalue weighted by atomic mass is 9.93. The number of aromatic nitrogens is 4. The second kappa shape index (κ2) is 13.5. The van der Waals surface area contributed by atoms with Gasteiger partial charge in [0.15, 0.2) is 11.6 Å². The van der Waals surface area contributed by atoms with Crippen LogP contribution in [-0.2, 0) is 0 Å². The van der Waals surface area contributed by atoms with E-state index in [2.05, 4.69) is 44.3 Å². The minimum Gasteiger partial charge on any atom is -0.490 e. The molecule has 44 heavy (non-hydrogen) atoms. The summed E-state index contributed by atoms with van der Waals surface area (Å²) in [6.45, 7) is 6.37. The number of nitrogens with zero attached hydrogens (tertiary/aromatic N) is 4. The number of nitrogens with one attached hydrogen (secondary N) is 3. The van der Waals surface area contributed by atoms with Gasteiger partial charge in [-0.25, -0.2) is 14.6 Å². The van der Waals surface area contributed by atoms with Crippen LogP contribution in [0.2, 0.25) is 5.15 Å². The number of carbonyl (C=O) groups excluding carboxylic acids is 1. The number of pyridine rings is 2. The maximum absolute atomic E-state index is 13.1. The van der Waals surface area contributed by atoms with Crippen LogP contribution in [-0.4, -0.2) is 57.1 Å². The van der Waals surface area contributed by atoms with Gasteiger partial charge >= 0.3 is 6.18 Å². The Labute approximate surface area is 264 Å². The van der Waals surface area contributed by atoms with Crippen molar-refractivity contribution in [1.82, 2.24) is 29.8 Å². The molecule has 4 heterocycles. The topological polar surface area (TPSA) is 106 Å². The Morgan fingerprint density at radius 1 is 1.20 bits per heavy atom. The number of rotatable bonds is 14. The molecular formula is C30H37ClF3N7O2S. The van der Waals surface area contributed by atoms with Gasteiger partial charge in [-0.05, 0) is 89.1 Å². The number of amides is 1. The SMILES string of the molecule is CC1(C)CC(CCCCNc2cccc(SNC(=O)c3ccc(-n4cc(OCCC5(C(F)(F)F)CC5)cn4)nc3Cl)n2)CN1. The summed E-state index contributed by atoms with van der Waals surface area (Å²) in [5, 5.41) is 11.7. The van der Waals surface area contributed by atoms with Crippen molar-refractivity contribution in [3.05, 3.63) is 53.4 Å². The molecule has 238 valence electrons. The smallest absolute Gasteiger partial charge is 0.394 e. The van der Waals surface area contributed by atoms with Gasteiger partial charge in [0.1, 0.15) is 16.0 Å². The third-order valence-corrected chi connectivity index (χ3v) is 9.17. The first-order valence-electron chi connectivity index (χ1n) is 14.8. The molecule has 3 aromatic rings. The largest absolute Gasteiger partial charge is 0.490 e. The van der Waals surface area contributed by atoms with Crippen molar-refractivity contribution in [2.45, 2.75) is 75.5 Å². The molecule has 1 aliphatic heterocycles. The summed E-state index contributed by atoms with van der Waals surface area (Å²) in [7, 11) is 0. The number of ether oxygens (including phenoxy) is 1. The van der Waals surface area contributed by atoms with Crippen molar-refractivity contribution >= 4 is 35.3 Å². The second-order valence-electron chi connectivity index (χ2n) is 12.2. The summed E-state index contributed by atoms with van der Waals surface area (Å²) in [6, 6.07) is 8.67. The van der Waals surface area contributed by atoms with Gasteiger partial charge in [-0.15, -0.1) is 0 Å². The van der Waals surface area contributed by atoms with Crippen molar-refractivity contribution in [2.24, 2.45) is 11.3 Å². The zero-order valence-corrected chi connectivity index (χ0v) is 26.3. The fraction of sp³-hybridized carbons (Fsp3) is 0.533. The molecule has 5 rings (SSSR count). The quantitative estimate of drug-likeness (QED) is 0.0989. The Balaban J connectivity index is 1.06. The van der Waals surface area contributed by atoms with Gasteiger partial charge in [-0.2, -0.15) is 18.3 Å². The van der Waals surface area contributed by atoms with Gasteiger partial charge in [0.25, 0.3) is 5.91 Å². The maximum Gasteiger partial charge on any atom is 0.394 e. The van der Waals surface area contributed by atoms with E-state index >= 15 is 0 Å². The summed E-state index contributed by atoms with van der Waals surface area (Å²) in [4.78, 5) is 21.6. The fourth-order valence-electron chi connectivity index (χ4n) is 5.41. The molecule has 1 aliphatic carbocycles. The molecule has 3 N–H and O–H groups in total. The normalized spacial score (nSPS) is 18.6. The molecule has 14 heteroatoms. The highest BCUT2D eigenvalue weighted by molar-refractivity contribution is 7.97. The summed E-state index contributed by atoms with van der Waals surface area (Å²) in [5.41, 5.74) is -1.20. The standard InChI is InChI=1S/C30H37ClF3N7O2S/c1-28(2)16-20(17-36-28)6-3-4-14-35-23-7-5-8-25(38-23)44-40-27(42)22-9-10-24(39-26(22)31)41-19-21(18-37-41)43-15-13-29(11-12-29)30(32,33)34/h5,7-10,18-20,36H,3-4,6,11-17H2,1-2H3,(H,35,38)(H,40,42). The monoisotopic (exact) mass is 651 g/mol. The number of alkyl halides is 3. The van der Waals surface area contributed by atoms with Crippen LogP contribution in [0.4, 0.5) is 19.0 Å². The molecule has 0 spiro atoms. The highest BCUT2D eigenvalue weighted by Gasteiger charge is 2.62. The first-order valence-corrected chi connectivity index (χ1v) is 16.0.